The van der Waals surface area contributed by atoms with Gasteiger partial charge in [0.15, 0.2) is 0 Å². The van der Waals surface area contributed by atoms with E-state index in [1.54, 1.807) is 0 Å². The largest absolute Gasteiger partial charge is 0.481 e. The molecule has 7 nitrogen and oxygen atoms in total. The second-order valence-corrected chi connectivity index (χ2v) is 4.68. The van der Waals surface area contributed by atoms with Gasteiger partial charge in [-0.05, 0) is 12.8 Å². The molecule has 0 aliphatic heterocycles. The first-order valence-electron chi connectivity index (χ1n) is 6.33. The minimum atomic E-state index is -0.455. The Labute approximate surface area is 111 Å². The number of pyridine rings is 1. The van der Waals surface area contributed by atoms with Gasteiger partial charge < -0.3 is 15.8 Å². The van der Waals surface area contributed by atoms with Gasteiger partial charge in [-0.25, -0.2) is 0 Å². The fourth-order valence-electron chi connectivity index (χ4n) is 2.32. The van der Waals surface area contributed by atoms with Crippen molar-refractivity contribution >= 4 is 11.5 Å². The van der Waals surface area contributed by atoms with Crippen molar-refractivity contribution < 1.29 is 9.66 Å². The van der Waals surface area contributed by atoms with Crippen LogP contribution in [0.3, 0.4) is 0 Å². The van der Waals surface area contributed by atoms with Gasteiger partial charge in [-0.3, -0.25) is 10.1 Å². The van der Waals surface area contributed by atoms with E-state index in [-0.39, 0.29) is 23.6 Å². The first-order valence-corrected chi connectivity index (χ1v) is 6.33. The fraction of sp³-hybridized carbons (Fsp3) is 0.583. The molecule has 1 saturated carbocycles. The molecule has 0 radical (unpaired) electrons. The van der Waals surface area contributed by atoms with Crippen LogP contribution in [0.25, 0.3) is 0 Å². The second-order valence-electron chi connectivity index (χ2n) is 4.68. The van der Waals surface area contributed by atoms with Gasteiger partial charge >= 0.3 is 5.69 Å². The molecular weight excluding hydrogens is 248 g/mol. The highest BCUT2D eigenvalue weighted by Crippen LogP contribution is 2.28. The predicted molar refractivity (Wildman–Crippen MR) is 71.3 cm³/mol. The molecule has 1 aliphatic carbocycles. The molecule has 0 aromatic carbocycles. The maximum atomic E-state index is 11.0. The molecule has 0 spiro atoms. The molecule has 1 fully saturated rings. The van der Waals surface area contributed by atoms with Gasteiger partial charge in [-0.2, -0.15) is 4.98 Å². The predicted octanol–water partition coefficient (Wildman–Crippen LogP) is 1.68. The van der Waals surface area contributed by atoms with Crippen LogP contribution in [-0.4, -0.2) is 29.1 Å². The molecule has 1 aromatic rings. The molecule has 0 amide bonds. The smallest absolute Gasteiger partial charge is 0.311 e. The number of nitro groups is 1. The summed E-state index contributed by atoms with van der Waals surface area (Å²) in [7, 11) is 1.48. The molecule has 1 aliphatic rings. The molecule has 2 atom stereocenters. The lowest BCUT2D eigenvalue weighted by molar-refractivity contribution is -0.384. The molecule has 3 N–H and O–H groups in total. The highest BCUT2D eigenvalue weighted by Gasteiger charge is 2.25. The lowest BCUT2D eigenvalue weighted by Crippen LogP contribution is -2.42. The lowest BCUT2D eigenvalue weighted by Gasteiger charge is -2.29. The maximum absolute atomic E-state index is 11.0. The summed E-state index contributed by atoms with van der Waals surface area (Å²) in [5.74, 6) is 0.573. The molecule has 0 bridgehead atoms. The summed E-state index contributed by atoms with van der Waals surface area (Å²) in [4.78, 5) is 14.7. The standard InChI is InChI=1S/C12H18N4O3/c1-19-11-7-6-10(16(17)18)12(15-11)14-9-5-3-2-4-8(9)13/h6-9H,2-5,13H2,1H3,(H,14,15). The van der Waals surface area contributed by atoms with Crippen LogP contribution < -0.4 is 15.8 Å². The van der Waals surface area contributed by atoms with Gasteiger partial charge in [0.05, 0.1) is 12.0 Å². The Morgan fingerprint density at radius 1 is 1.47 bits per heavy atom. The Kier molecular flexibility index (Phi) is 4.16. The zero-order valence-corrected chi connectivity index (χ0v) is 10.8. The van der Waals surface area contributed by atoms with Gasteiger partial charge in [-0.1, -0.05) is 12.8 Å². The van der Waals surface area contributed by atoms with Crippen molar-refractivity contribution in [2.75, 3.05) is 12.4 Å². The van der Waals surface area contributed by atoms with Crippen LogP contribution in [0, 0.1) is 10.1 Å². The minimum absolute atomic E-state index is 0.00125. The van der Waals surface area contributed by atoms with Crippen molar-refractivity contribution in [3.63, 3.8) is 0 Å². The number of anilines is 1. The van der Waals surface area contributed by atoms with Crippen molar-refractivity contribution in [3.8, 4) is 5.88 Å². The van der Waals surface area contributed by atoms with Crippen LogP contribution in [0.1, 0.15) is 25.7 Å². The summed E-state index contributed by atoms with van der Waals surface area (Å²) in [6.07, 6.45) is 4.00. The van der Waals surface area contributed by atoms with Crippen LogP contribution in [-0.2, 0) is 0 Å². The van der Waals surface area contributed by atoms with E-state index in [1.807, 2.05) is 0 Å². The molecule has 2 unspecified atom stereocenters. The quantitative estimate of drug-likeness (QED) is 0.634. The molecule has 19 heavy (non-hydrogen) atoms. The van der Waals surface area contributed by atoms with Gasteiger partial charge in [0.2, 0.25) is 11.7 Å². The zero-order valence-electron chi connectivity index (χ0n) is 10.8. The number of nitrogens with one attached hydrogen (secondary N) is 1. The first kappa shape index (κ1) is 13.5. The third kappa shape index (κ3) is 3.11. The van der Waals surface area contributed by atoms with Crippen molar-refractivity contribution in [2.45, 2.75) is 37.8 Å². The van der Waals surface area contributed by atoms with Crippen LogP contribution in [0.2, 0.25) is 0 Å². The van der Waals surface area contributed by atoms with Crippen molar-refractivity contribution in [3.05, 3.63) is 22.2 Å². The first-order chi connectivity index (χ1) is 9.11. The number of rotatable bonds is 4. The van der Waals surface area contributed by atoms with Gasteiger partial charge in [0, 0.05) is 24.2 Å². The monoisotopic (exact) mass is 266 g/mol. The summed E-state index contributed by atoms with van der Waals surface area (Å²) in [6.45, 7) is 0. The van der Waals surface area contributed by atoms with E-state index in [9.17, 15) is 10.1 Å². The number of aromatic nitrogens is 1. The Hall–Kier alpha value is -1.89. The number of hydrogen-bond donors (Lipinski definition) is 2. The number of methoxy groups -OCH3 is 1. The van der Waals surface area contributed by atoms with Gasteiger partial charge in [-0.15, -0.1) is 0 Å². The van der Waals surface area contributed by atoms with E-state index < -0.39 is 4.92 Å². The minimum Gasteiger partial charge on any atom is -0.481 e. The Morgan fingerprint density at radius 3 is 2.84 bits per heavy atom. The average Bonchev–Trinajstić information content (AvgIpc) is 2.41. The molecule has 7 heteroatoms. The van der Waals surface area contributed by atoms with Crippen molar-refractivity contribution in [2.24, 2.45) is 5.73 Å². The number of nitrogens with two attached hydrogens (primary N) is 1. The molecule has 2 rings (SSSR count). The van der Waals surface area contributed by atoms with Gasteiger partial charge in [0.1, 0.15) is 0 Å². The van der Waals surface area contributed by atoms with E-state index in [0.717, 1.165) is 25.7 Å². The maximum Gasteiger partial charge on any atom is 0.311 e. The third-order valence-electron chi connectivity index (χ3n) is 3.40. The summed E-state index contributed by atoms with van der Waals surface area (Å²) >= 11 is 0. The fourth-order valence-corrected chi connectivity index (χ4v) is 2.32. The second kappa shape index (κ2) is 5.83. The van der Waals surface area contributed by atoms with Crippen LogP contribution in [0.5, 0.6) is 5.88 Å². The number of hydrogen-bond acceptors (Lipinski definition) is 6. The van der Waals surface area contributed by atoms with Crippen molar-refractivity contribution in [1.82, 2.24) is 4.98 Å². The van der Waals surface area contributed by atoms with E-state index >= 15 is 0 Å². The summed E-state index contributed by atoms with van der Waals surface area (Å²) in [5.41, 5.74) is 5.98. The third-order valence-corrected chi connectivity index (χ3v) is 3.40. The highest BCUT2D eigenvalue weighted by atomic mass is 16.6. The SMILES string of the molecule is COc1ccc([N+](=O)[O-])c(NC2CCCCC2N)n1. The lowest BCUT2D eigenvalue weighted by atomic mass is 9.91. The zero-order chi connectivity index (χ0) is 13.8. The van der Waals surface area contributed by atoms with E-state index in [4.69, 9.17) is 10.5 Å². The van der Waals surface area contributed by atoms with E-state index in [2.05, 4.69) is 10.3 Å². The average molecular weight is 266 g/mol. The molecule has 104 valence electrons. The Balaban J connectivity index is 2.23. The molecule has 0 saturated heterocycles. The summed E-state index contributed by atoms with van der Waals surface area (Å²) in [5, 5.41) is 14.1. The topological polar surface area (TPSA) is 103 Å². The molecule has 1 aromatic heterocycles. The van der Waals surface area contributed by atoms with E-state index in [0.29, 0.717) is 5.88 Å². The van der Waals surface area contributed by atoms with E-state index in [1.165, 1.54) is 19.2 Å². The normalized spacial score (nSPS) is 22.8. The summed E-state index contributed by atoms with van der Waals surface area (Å²) < 4.78 is 5.00. The highest BCUT2D eigenvalue weighted by molar-refractivity contribution is 5.57. The van der Waals surface area contributed by atoms with Crippen molar-refractivity contribution in [1.29, 1.82) is 0 Å². The summed E-state index contributed by atoms with van der Waals surface area (Å²) in [6, 6.07) is 2.89. The van der Waals surface area contributed by atoms with Crippen LogP contribution >= 0.6 is 0 Å². The Bertz CT molecular complexity index is 466. The number of nitrogens with zero attached hydrogens (tertiary/aromatic N) is 2. The molecular formula is C12H18N4O3. The van der Waals surface area contributed by atoms with Crippen LogP contribution in [0.4, 0.5) is 11.5 Å². The van der Waals surface area contributed by atoms with Gasteiger partial charge in [0.25, 0.3) is 0 Å². The molecule has 1 heterocycles. The van der Waals surface area contributed by atoms with Crippen LogP contribution in [0.15, 0.2) is 12.1 Å². The number of ether oxygens (including phenoxy) is 1. The Morgan fingerprint density at radius 2 is 2.21 bits per heavy atom.